The minimum Gasteiger partial charge on any atom is -0.387 e. The number of hydrogen-bond donors (Lipinski definition) is 2. The minimum atomic E-state index is -4.35. The SMILES string of the molecule is CC(CN(C)C)NCC(O)c1ccc(C(F)(F)F)cc1. The molecule has 3 nitrogen and oxygen atoms in total. The van der Waals surface area contributed by atoms with Crippen LogP contribution in [0, 0.1) is 0 Å². The van der Waals surface area contributed by atoms with E-state index in [0.29, 0.717) is 12.1 Å². The fraction of sp³-hybridized carbons (Fsp3) is 0.571. The Labute approximate surface area is 117 Å². The second-order valence-electron chi connectivity index (χ2n) is 5.21. The first-order valence-electron chi connectivity index (χ1n) is 6.43. The molecule has 0 saturated heterocycles. The van der Waals surface area contributed by atoms with Crippen molar-refractivity contribution in [2.24, 2.45) is 0 Å². The molecular formula is C14H21F3N2O. The Hall–Kier alpha value is -1.11. The van der Waals surface area contributed by atoms with Crippen molar-refractivity contribution in [3.63, 3.8) is 0 Å². The van der Waals surface area contributed by atoms with Crippen molar-refractivity contribution < 1.29 is 18.3 Å². The van der Waals surface area contributed by atoms with Crippen molar-refractivity contribution >= 4 is 0 Å². The van der Waals surface area contributed by atoms with Gasteiger partial charge in [0.1, 0.15) is 0 Å². The van der Waals surface area contributed by atoms with E-state index in [9.17, 15) is 18.3 Å². The number of nitrogens with one attached hydrogen (secondary N) is 1. The summed E-state index contributed by atoms with van der Waals surface area (Å²) in [4.78, 5) is 2.02. The van der Waals surface area contributed by atoms with E-state index < -0.39 is 17.8 Å². The Morgan fingerprint density at radius 3 is 2.20 bits per heavy atom. The molecule has 2 N–H and O–H groups in total. The van der Waals surface area contributed by atoms with Crippen LogP contribution >= 0.6 is 0 Å². The summed E-state index contributed by atoms with van der Waals surface area (Å²) in [5.74, 6) is 0. The second-order valence-corrected chi connectivity index (χ2v) is 5.21. The van der Waals surface area contributed by atoms with Gasteiger partial charge in [0.15, 0.2) is 0 Å². The second kappa shape index (κ2) is 7.06. The van der Waals surface area contributed by atoms with Gasteiger partial charge in [-0.3, -0.25) is 0 Å². The van der Waals surface area contributed by atoms with Gasteiger partial charge in [-0.15, -0.1) is 0 Å². The van der Waals surface area contributed by atoms with Crippen molar-refractivity contribution in [3.8, 4) is 0 Å². The van der Waals surface area contributed by atoms with Gasteiger partial charge in [-0.1, -0.05) is 12.1 Å². The standard InChI is InChI=1S/C14H21F3N2O/c1-10(9-19(2)3)18-8-13(20)11-4-6-12(7-5-11)14(15,16)17/h4-7,10,13,18,20H,8-9H2,1-3H3. The van der Waals surface area contributed by atoms with E-state index in [1.54, 1.807) is 0 Å². The zero-order valence-corrected chi connectivity index (χ0v) is 11.9. The first-order valence-corrected chi connectivity index (χ1v) is 6.43. The van der Waals surface area contributed by atoms with E-state index in [4.69, 9.17) is 0 Å². The number of alkyl halides is 3. The summed E-state index contributed by atoms with van der Waals surface area (Å²) in [6, 6.07) is 4.79. The Kier molecular flexibility index (Phi) is 5.98. The van der Waals surface area contributed by atoms with E-state index in [1.165, 1.54) is 12.1 Å². The number of halogens is 3. The van der Waals surface area contributed by atoms with Crippen LogP contribution < -0.4 is 5.32 Å². The maximum atomic E-state index is 12.4. The topological polar surface area (TPSA) is 35.5 Å². The van der Waals surface area contributed by atoms with Gasteiger partial charge in [-0.25, -0.2) is 0 Å². The largest absolute Gasteiger partial charge is 0.416 e. The molecule has 1 aromatic rings. The molecule has 2 unspecified atom stereocenters. The number of rotatable bonds is 6. The molecule has 0 heterocycles. The average molecular weight is 290 g/mol. The number of likely N-dealkylation sites (N-methyl/N-ethyl adjacent to an activating group) is 1. The van der Waals surface area contributed by atoms with E-state index >= 15 is 0 Å². The lowest BCUT2D eigenvalue weighted by Crippen LogP contribution is -2.37. The molecule has 6 heteroatoms. The Balaban J connectivity index is 2.54. The summed E-state index contributed by atoms with van der Waals surface area (Å²) in [6.07, 6.45) is -5.16. The van der Waals surface area contributed by atoms with Gasteiger partial charge < -0.3 is 15.3 Å². The maximum Gasteiger partial charge on any atom is 0.416 e. The highest BCUT2D eigenvalue weighted by Crippen LogP contribution is 2.29. The number of benzene rings is 1. The molecule has 0 aromatic heterocycles. The molecular weight excluding hydrogens is 269 g/mol. The first-order chi connectivity index (χ1) is 9.20. The molecule has 0 aliphatic carbocycles. The lowest BCUT2D eigenvalue weighted by Gasteiger charge is -2.20. The van der Waals surface area contributed by atoms with Crippen LogP contribution in [-0.4, -0.2) is 43.2 Å². The molecule has 2 atom stereocenters. The first kappa shape index (κ1) is 16.9. The van der Waals surface area contributed by atoms with Gasteiger partial charge in [0.05, 0.1) is 11.7 Å². The molecule has 0 saturated carbocycles. The third-order valence-corrected chi connectivity index (χ3v) is 2.92. The monoisotopic (exact) mass is 290 g/mol. The Morgan fingerprint density at radius 1 is 1.20 bits per heavy atom. The number of aliphatic hydroxyl groups excluding tert-OH is 1. The van der Waals surface area contributed by atoms with Gasteiger partial charge in [-0.2, -0.15) is 13.2 Å². The normalized spacial score (nSPS) is 15.4. The predicted octanol–water partition coefficient (Wildman–Crippen LogP) is 2.28. The summed E-state index contributed by atoms with van der Waals surface area (Å²) < 4.78 is 37.2. The van der Waals surface area contributed by atoms with E-state index in [2.05, 4.69) is 5.32 Å². The zero-order valence-electron chi connectivity index (χ0n) is 11.9. The van der Waals surface area contributed by atoms with Gasteiger partial charge in [0, 0.05) is 19.1 Å². The summed E-state index contributed by atoms with van der Waals surface area (Å²) >= 11 is 0. The number of hydrogen-bond acceptors (Lipinski definition) is 3. The highest BCUT2D eigenvalue weighted by atomic mass is 19.4. The summed E-state index contributed by atoms with van der Waals surface area (Å²) in [5.41, 5.74) is -0.232. The molecule has 0 fully saturated rings. The van der Waals surface area contributed by atoms with Crippen molar-refractivity contribution in [2.75, 3.05) is 27.2 Å². The van der Waals surface area contributed by atoms with Crippen LogP contribution in [0.4, 0.5) is 13.2 Å². The maximum absolute atomic E-state index is 12.4. The van der Waals surface area contributed by atoms with Crippen LogP contribution in [0.3, 0.4) is 0 Å². The minimum absolute atomic E-state index is 0.189. The highest BCUT2D eigenvalue weighted by molar-refractivity contribution is 5.26. The van der Waals surface area contributed by atoms with Gasteiger partial charge in [0.25, 0.3) is 0 Å². The quantitative estimate of drug-likeness (QED) is 0.844. The molecule has 0 spiro atoms. The highest BCUT2D eigenvalue weighted by Gasteiger charge is 2.30. The molecule has 20 heavy (non-hydrogen) atoms. The molecule has 0 aliphatic heterocycles. The Bertz CT molecular complexity index is 404. The molecule has 1 aromatic carbocycles. The number of aliphatic hydroxyl groups is 1. The molecule has 0 bridgehead atoms. The van der Waals surface area contributed by atoms with Crippen LogP contribution in [0.2, 0.25) is 0 Å². The molecule has 1 rings (SSSR count). The van der Waals surface area contributed by atoms with Crippen molar-refractivity contribution in [1.29, 1.82) is 0 Å². The Morgan fingerprint density at radius 2 is 1.75 bits per heavy atom. The summed E-state index contributed by atoms with van der Waals surface area (Å²) in [6.45, 7) is 3.11. The fourth-order valence-electron chi connectivity index (χ4n) is 1.94. The van der Waals surface area contributed by atoms with Crippen LogP contribution in [0.25, 0.3) is 0 Å². The lowest BCUT2D eigenvalue weighted by molar-refractivity contribution is -0.137. The van der Waals surface area contributed by atoms with Crippen LogP contribution in [0.5, 0.6) is 0 Å². The smallest absolute Gasteiger partial charge is 0.387 e. The van der Waals surface area contributed by atoms with Crippen molar-refractivity contribution in [3.05, 3.63) is 35.4 Å². The number of nitrogens with zero attached hydrogens (tertiary/aromatic N) is 1. The van der Waals surface area contributed by atoms with Crippen molar-refractivity contribution in [2.45, 2.75) is 25.2 Å². The molecule has 0 radical (unpaired) electrons. The van der Waals surface area contributed by atoms with E-state index in [0.717, 1.165) is 18.7 Å². The zero-order chi connectivity index (χ0) is 15.3. The fourth-order valence-corrected chi connectivity index (χ4v) is 1.94. The van der Waals surface area contributed by atoms with E-state index in [1.807, 2.05) is 25.9 Å². The van der Waals surface area contributed by atoms with Crippen LogP contribution in [0.15, 0.2) is 24.3 Å². The summed E-state index contributed by atoms with van der Waals surface area (Å²) in [5, 5.41) is 13.1. The van der Waals surface area contributed by atoms with Crippen LogP contribution in [-0.2, 0) is 6.18 Å². The van der Waals surface area contributed by atoms with E-state index in [-0.39, 0.29) is 6.04 Å². The average Bonchev–Trinajstić information content (AvgIpc) is 2.34. The molecule has 0 aliphatic rings. The lowest BCUT2D eigenvalue weighted by atomic mass is 10.1. The van der Waals surface area contributed by atoms with Gasteiger partial charge >= 0.3 is 6.18 Å². The van der Waals surface area contributed by atoms with Crippen LogP contribution in [0.1, 0.15) is 24.2 Å². The van der Waals surface area contributed by atoms with Gasteiger partial charge in [-0.05, 0) is 38.7 Å². The van der Waals surface area contributed by atoms with Crippen molar-refractivity contribution in [1.82, 2.24) is 10.2 Å². The predicted molar refractivity (Wildman–Crippen MR) is 72.4 cm³/mol. The molecule has 114 valence electrons. The third-order valence-electron chi connectivity index (χ3n) is 2.92. The third kappa shape index (κ3) is 5.48. The summed E-state index contributed by atoms with van der Waals surface area (Å²) in [7, 11) is 3.90. The molecule has 0 amide bonds. The van der Waals surface area contributed by atoms with Gasteiger partial charge in [0.2, 0.25) is 0 Å².